The number of hydrogen-bond donors (Lipinski definition) is 2. The van der Waals surface area contributed by atoms with E-state index in [-0.39, 0.29) is 0 Å². The molecule has 0 aliphatic heterocycles. The van der Waals surface area contributed by atoms with E-state index in [1.165, 1.54) is 6.20 Å². The molecule has 1 atom stereocenters. The van der Waals surface area contributed by atoms with Gasteiger partial charge in [-0.25, -0.2) is 4.79 Å². The van der Waals surface area contributed by atoms with E-state index < -0.39 is 23.8 Å². The van der Waals surface area contributed by atoms with Crippen molar-refractivity contribution in [1.82, 2.24) is 10.3 Å². The third kappa shape index (κ3) is 2.63. The van der Waals surface area contributed by atoms with E-state index in [2.05, 4.69) is 10.3 Å². The molecule has 0 fully saturated rings. The summed E-state index contributed by atoms with van der Waals surface area (Å²) in [6.07, 6.45) is 2.99. The number of carboxylic acids is 1. The number of aromatic nitrogens is 1. The highest BCUT2D eigenvalue weighted by Gasteiger charge is 2.38. The minimum Gasteiger partial charge on any atom is -0.480 e. The monoisotopic (exact) mass is 344 g/mol. The van der Waals surface area contributed by atoms with E-state index in [0.29, 0.717) is 5.56 Å². The van der Waals surface area contributed by atoms with Crippen LogP contribution in [0.4, 0.5) is 0 Å². The Kier molecular flexibility index (Phi) is 3.97. The quantitative estimate of drug-likeness (QED) is 0.762. The van der Waals surface area contributed by atoms with Gasteiger partial charge in [0.1, 0.15) is 6.04 Å². The first-order valence-electron chi connectivity index (χ1n) is 8.29. The average molecular weight is 344 g/mol. The molecule has 4 rings (SSSR count). The summed E-state index contributed by atoms with van der Waals surface area (Å²) >= 11 is 0. The van der Waals surface area contributed by atoms with Gasteiger partial charge in [0, 0.05) is 18.3 Å². The number of rotatable bonds is 4. The summed E-state index contributed by atoms with van der Waals surface area (Å²) in [7, 11) is 0. The van der Waals surface area contributed by atoms with Crippen molar-refractivity contribution in [2.75, 3.05) is 0 Å². The Morgan fingerprint density at radius 1 is 0.923 bits per heavy atom. The summed E-state index contributed by atoms with van der Waals surface area (Å²) in [6, 6.07) is 17.6. The molecule has 2 N–H and O–H groups in total. The van der Waals surface area contributed by atoms with Gasteiger partial charge in [0.15, 0.2) is 0 Å². The molecule has 1 aromatic heterocycles. The van der Waals surface area contributed by atoms with Crippen molar-refractivity contribution in [3.05, 3.63) is 89.7 Å². The summed E-state index contributed by atoms with van der Waals surface area (Å²) in [6.45, 7) is 0. The van der Waals surface area contributed by atoms with Gasteiger partial charge < -0.3 is 10.4 Å². The van der Waals surface area contributed by atoms with Gasteiger partial charge in [-0.05, 0) is 34.4 Å². The molecule has 0 saturated heterocycles. The van der Waals surface area contributed by atoms with Crippen LogP contribution < -0.4 is 5.32 Å². The fraction of sp³-hybridized carbons (Fsp3) is 0.0952. The SMILES string of the molecule is O=C(N[C@@H](C(=O)O)C1c2ccccc2-c2ccccc21)c1cccnc1. The van der Waals surface area contributed by atoms with Gasteiger partial charge in [-0.1, -0.05) is 48.5 Å². The van der Waals surface area contributed by atoms with Crippen molar-refractivity contribution in [3.8, 4) is 11.1 Å². The van der Waals surface area contributed by atoms with Crippen LogP contribution in [0.1, 0.15) is 27.4 Å². The molecule has 0 radical (unpaired) electrons. The van der Waals surface area contributed by atoms with Gasteiger partial charge in [-0.3, -0.25) is 9.78 Å². The lowest BCUT2D eigenvalue weighted by Gasteiger charge is -2.23. The van der Waals surface area contributed by atoms with Crippen LogP contribution in [0.2, 0.25) is 0 Å². The van der Waals surface area contributed by atoms with Crippen LogP contribution >= 0.6 is 0 Å². The number of nitrogens with one attached hydrogen (secondary N) is 1. The molecular weight excluding hydrogens is 328 g/mol. The number of carboxylic acid groups (broad SMARTS) is 1. The van der Waals surface area contributed by atoms with Crippen molar-refractivity contribution in [1.29, 1.82) is 0 Å². The van der Waals surface area contributed by atoms with Gasteiger partial charge in [-0.2, -0.15) is 0 Å². The summed E-state index contributed by atoms with van der Waals surface area (Å²) in [5.41, 5.74) is 4.17. The Labute approximate surface area is 150 Å². The molecule has 1 aliphatic rings. The molecule has 0 unspecified atom stereocenters. The Morgan fingerprint density at radius 3 is 2.08 bits per heavy atom. The van der Waals surface area contributed by atoms with Crippen molar-refractivity contribution >= 4 is 11.9 Å². The third-order valence-electron chi connectivity index (χ3n) is 4.69. The molecule has 5 nitrogen and oxygen atoms in total. The summed E-state index contributed by atoms with van der Waals surface area (Å²) in [5.74, 6) is -1.97. The lowest BCUT2D eigenvalue weighted by molar-refractivity contribution is -0.139. The number of benzene rings is 2. The van der Waals surface area contributed by atoms with Crippen LogP contribution in [-0.4, -0.2) is 28.0 Å². The highest BCUT2D eigenvalue weighted by Crippen LogP contribution is 2.46. The Hall–Kier alpha value is -3.47. The number of aliphatic carboxylic acids is 1. The first-order chi connectivity index (χ1) is 12.7. The lowest BCUT2D eigenvalue weighted by Crippen LogP contribution is -2.44. The highest BCUT2D eigenvalue weighted by atomic mass is 16.4. The number of carbonyl (C=O) groups is 2. The summed E-state index contributed by atoms with van der Waals surface area (Å²) in [5, 5.41) is 12.5. The van der Waals surface area contributed by atoms with Gasteiger partial charge in [0.2, 0.25) is 0 Å². The molecule has 0 bridgehead atoms. The molecule has 26 heavy (non-hydrogen) atoms. The third-order valence-corrected chi connectivity index (χ3v) is 4.69. The van der Waals surface area contributed by atoms with Gasteiger partial charge in [0.05, 0.1) is 5.56 Å². The minimum atomic E-state index is -1.08. The van der Waals surface area contributed by atoms with E-state index in [9.17, 15) is 14.7 Å². The second kappa shape index (κ2) is 6.44. The maximum atomic E-state index is 12.5. The maximum absolute atomic E-state index is 12.5. The molecule has 1 heterocycles. The van der Waals surface area contributed by atoms with Crippen LogP contribution in [-0.2, 0) is 4.79 Å². The zero-order chi connectivity index (χ0) is 18.1. The molecule has 1 aliphatic carbocycles. The number of fused-ring (bicyclic) bond motifs is 3. The van der Waals surface area contributed by atoms with E-state index in [0.717, 1.165) is 22.3 Å². The maximum Gasteiger partial charge on any atom is 0.327 e. The predicted octanol–water partition coefficient (Wildman–Crippen LogP) is 3.08. The Morgan fingerprint density at radius 2 is 1.54 bits per heavy atom. The topological polar surface area (TPSA) is 79.3 Å². The first-order valence-corrected chi connectivity index (χ1v) is 8.29. The van der Waals surface area contributed by atoms with Crippen molar-refractivity contribution < 1.29 is 14.7 Å². The van der Waals surface area contributed by atoms with Crippen LogP contribution in [0.15, 0.2) is 73.1 Å². The number of amides is 1. The van der Waals surface area contributed by atoms with Gasteiger partial charge >= 0.3 is 5.97 Å². The fourth-order valence-electron chi connectivity index (χ4n) is 3.56. The van der Waals surface area contributed by atoms with Crippen LogP contribution in [0, 0.1) is 0 Å². The minimum absolute atomic E-state index is 0.332. The highest BCUT2D eigenvalue weighted by molar-refractivity contribution is 5.97. The van der Waals surface area contributed by atoms with E-state index in [1.54, 1.807) is 18.3 Å². The average Bonchev–Trinajstić information content (AvgIpc) is 3.01. The second-order valence-corrected chi connectivity index (χ2v) is 6.18. The van der Waals surface area contributed by atoms with Crippen LogP contribution in [0.25, 0.3) is 11.1 Å². The summed E-state index contributed by atoms with van der Waals surface area (Å²) in [4.78, 5) is 28.5. The number of hydrogen-bond acceptors (Lipinski definition) is 3. The molecule has 5 heteroatoms. The van der Waals surface area contributed by atoms with Gasteiger partial charge in [0.25, 0.3) is 5.91 Å². The number of carbonyl (C=O) groups excluding carboxylic acids is 1. The fourth-order valence-corrected chi connectivity index (χ4v) is 3.56. The second-order valence-electron chi connectivity index (χ2n) is 6.18. The lowest BCUT2D eigenvalue weighted by atomic mass is 9.89. The van der Waals surface area contributed by atoms with Crippen LogP contribution in [0.3, 0.4) is 0 Å². The zero-order valence-corrected chi connectivity index (χ0v) is 13.8. The number of pyridine rings is 1. The molecule has 2 aromatic carbocycles. The van der Waals surface area contributed by atoms with E-state index in [1.807, 2.05) is 48.5 Å². The predicted molar refractivity (Wildman–Crippen MR) is 96.8 cm³/mol. The van der Waals surface area contributed by atoms with Crippen LogP contribution in [0.5, 0.6) is 0 Å². The van der Waals surface area contributed by atoms with Gasteiger partial charge in [-0.15, -0.1) is 0 Å². The Balaban J connectivity index is 1.76. The molecule has 0 spiro atoms. The molecular formula is C21H16N2O3. The van der Waals surface area contributed by atoms with E-state index in [4.69, 9.17) is 0 Å². The van der Waals surface area contributed by atoms with Crippen molar-refractivity contribution in [2.45, 2.75) is 12.0 Å². The first kappa shape index (κ1) is 16.0. The summed E-state index contributed by atoms with van der Waals surface area (Å²) < 4.78 is 0. The standard InChI is InChI=1S/C21H16N2O3/c24-20(13-6-5-11-22-12-13)23-19(21(25)26)18-16-9-3-1-7-14(16)15-8-2-4-10-17(15)18/h1-12,18-19H,(H,23,24)(H,25,26)/t19-/m1/s1. The molecule has 3 aromatic rings. The molecule has 0 saturated carbocycles. The van der Waals surface area contributed by atoms with E-state index >= 15 is 0 Å². The zero-order valence-electron chi connectivity index (χ0n) is 13.8. The molecule has 1 amide bonds. The largest absolute Gasteiger partial charge is 0.480 e. The number of nitrogens with zero attached hydrogens (tertiary/aromatic N) is 1. The Bertz CT molecular complexity index is 940. The van der Waals surface area contributed by atoms with Crippen molar-refractivity contribution in [3.63, 3.8) is 0 Å². The smallest absolute Gasteiger partial charge is 0.327 e. The van der Waals surface area contributed by atoms with Crippen molar-refractivity contribution in [2.24, 2.45) is 0 Å². The molecule has 128 valence electrons. The normalized spacial score (nSPS) is 13.5.